The highest BCUT2D eigenvalue weighted by Gasteiger charge is 2.16. The lowest BCUT2D eigenvalue weighted by molar-refractivity contribution is -0.113. The van der Waals surface area contributed by atoms with Crippen molar-refractivity contribution in [3.05, 3.63) is 105 Å². The van der Waals surface area contributed by atoms with Gasteiger partial charge in [0.2, 0.25) is 0 Å². The second kappa shape index (κ2) is 10.1. The Balaban J connectivity index is 1.89. The van der Waals surface area contributed by atoms with Crippen molar-refractivity contribution in [1.82, 2.24) is 5.32 Å². The molecule has 6 nitrogen and oxygen atoms in total. The van der Waals surface area contributed by atoms with Crippen LogP contribution in [-0.4, -0.2) is 22.9 Å². The molecule has 0 heterocycles. The van der Waals surface area contributed by atoms with E-state index in [2.05, 4.69) is 26.6 Å². The Kier molecular flexibility index (Phi) is 7.23. The van der Waals surface area contributed by atoms with E-state index < -0.39 is 17.8 Å². The summed E-state index contributed by atoms with van der Waals surface area (Å²) in [5.74, 6) is -2.19. The monoisotopic (exact) mass is 498 g/mol. The fourth-order valence-electron chi connectivity index (χ4n) is 2.61. The molecule has 3 aromatic carbocycles. The molecule has 0 saturated carbocycles. The zero-order chi connectivity index (χ0) is 22.4. The zero-order valence-electron chi connectivity index (χ0n) is 15.9. The number of benzene rings is 3. The van der Waals surface area contributed by atoms with Crippen LogP contribution in [0.15, 0.2) is 83.0 Å². The molecule has 3 aromatic rings. The summed E-state index contributed by atoms with van der Waals surface area (Å²) in [7, 11) is 0. The SMILES string of the molecule is O=C(Nc1cccc(C(=O)O)c1)/C(=C\c1ccc(Cl)cc1)NC(=O)c1ccc(Br)cc1. The summed E-state index contributed by atoms with van der Waals surface area (Å²) in [6.45, 7) is 0. The predicted octanol–water partition coefficient (Wildman–Crippen LogP) is 5.21. The lowest BCUT2D eigenvalue weighted by atomic mass is 10.1. The second-order valence-corrected chi connectivity index (χ2v) is 7.76. The number of rotatable bonds is 6. The predicted molar refractivity (Wildman–Crippen MR) is 123 cm³/mol. The van der Waals surface area contributed by atoms with Gasteiger partial charge in [-0.1, -0.05) is 45.7 Å². The van der Waals surface area contributed by atoms with Gasteiger partial charge in [-0.25, -0.2) is 4.79 Å². The number of aromatic carboxylic acids is 1. The van der Waals surface area contributed by atoms with Crippen LogP contribution in [0.25, 0.3) is 6.08 Å². The van der Waals surface area contributed by atoms with Crippen molar-refractivity contribution in [2.45, 2.75) is 0 Å². The van der Waals surface area contributed by atoms with Crippen LogP contribution >= 0.6 is 27.5 Å². The summed E-state index contributed by atoms with van der Waals surface area (Å²) in [4.78, 5) is 36.7. The van der Waals surface area contributed by atoms with Gasteiger partial charge in [0.25, 0.3) is 11.8 Å². The minimum absolute atomic E-state index is 0.0176. The fraction of sp³-hybridized carbons (Fsp3) is 0. The van der Waals surface area contributed by atoms with Crippen molar-refractivity contribution < 1.29 is 19.5 Å². The van der Waals surface area contributed by atoms with Crippen molar-refractivity contribution in [3.8, 4) is 0 Å². The van der Waals surface area contributed by atoms with Crippen LogP contribution in [-0.2, 0) is 4.79 Å². The van der Waals surface area contributed by atoms with Crippen LogP contribution in [0.3, 0.4) is 0 Å². The highest BCUT2D eigenvalue weighted by atomic mass is 79.9. The minimum Gasteiger partial charge on any atom is -0.478 e. The third-order valence-electron chi connectivity index (χ3n) is 4.15. The Morgan fingerprint density at radius 3 is 2.23 bits per heavy atom. The number of carbonyl (C=O) groups is 3. The van der Waals surface area contributed by atoms with Crippen molar-refractivity contribution >= 4 is 57.1 Å². The normalized spacial score (nSPS) is 11.0. The van der Waals surface area contributed by atoms with E-state index in [4.69, 9.17) is 16.7 Å². The molecule has 0 unspecified atom stereocenters. The number of carbonyl (C=O) groups excluding carboxylic acids is 2. The third kappa shape index (κ3) is 6.28. The molecular formula is C23H16BrClN2O4. The van der Waals surface area contributed by atoms with E-state index in [-0.39, 0.29) is 16.9 Å². The number of hydrogen-bond donors (Lipinski definition) is 3. The van der Waals surface area contributed by atoms with Gasteiger partial charge in [0.15, 0.2) is 0 Å². The van der Waals surface area contributed by atoms with Gasteiger partial charge in [-0.05, 0) is 66.2 Å². The first kappa shape index (κ1) is 22.3. The summed E-state index contributed by atoms with van der Waals surface area (Å²) in [6, 6.07) is 19.2. The van der Waals surface area contributed by atoms with Crippen LogP contribution in [0.1, 0.15) is 26.3 Å². The molecule has 0 aliphatic rings. The lowest BCUT2D eigenvalue weighted by Gasteiger charge is -2.12. The highest BCUT2D eigenvalue weighted by Crippen LogP contribution is 2.16. The largest absolute Gasteiger partial charge is 0.478 e. The van der Waals surface area contributed by atoms with E-state index in [1.54, 1.807) is 54.6 Å². The van der Waals surface area contributed by atoms with Crippen LogP contribution in [0.5, 0.6) is 0 Å². The average molecular weight is 500 g/mol. The summed E-state index contributed by atoms with van der Waals surface area (Å²) < 4.78 is 0.817. The van der Waals surface area contributed by atoms with Crippen LogP contribution in [0.2, 0.25) is 5.02 Å². The fourth-order valence-corrected chi connectivity index (χ4v) is 3.00. The van der Waals surface area contributed by atoms with E-state index in [0.29, 0.717) is 16.1 Å². The smallest absolute Gasteiger partial charge is 0.335 e. The van der Waals surface area contributed by atoms with Gasteiger partial charge >= 0.3 is 5.97 Å². The molecule has 31 heavy (non-hydrogen) atoms. The van der Waals surface area contributed by atoms with Crippen molar-refractivity contribution in [1.29, 1.82) is 0 Å². The number of nitrogens with one attached hydrogen (secondary N) is 2. The number of anilines is 1. The molecule has 0 bridgehead atoms. The van der Waals surface area contributed by atoms with Gasteiger partial charge < -0.3 is 15.7 Å². The van der Waals surface area contributed by atoms with Gasteiger partial charge in [0.1, 0.15) is 5.70 Å². The molecule has 2 amide bonds. The molecule has 8 heteroatoms. The highest BCUT2D eigenvalue weighted by molar-refractivity contribution is 9.10. The van der Waals surface area contributed by atoms with E-state index in [1.807, 2.05) is 0 Å². The maximum atomic E-state index is 12.9. The minimum atomic E-state index is -1.11. The Bertz CT molecular complexity index is 1160. The number of hydrogen-bond acceptors (Lipinski definition) is 3. The van der Waals surface area contributed by atoms with E-state index in [0.717, 1.165) is 4.47 Å². The van der Waals surface area contributed by atoms with Gasteiger partial charge in [0, 0.05) is 20.7 Å². The molecule has 3 rings (SSSR count). The average Bonchev–Trinajstić information content (AvgIpc) is 2.75. The third-order valence-corrected chi connectivity index (χ3v) is 4.93. The van der Waals surface area contributed by atoms with Gasteiger partial charge in [-0.3, -0.25) is 9.59 Å². The molecular weight excluding hydrogens is 484 g/mol. The maximum absolute atomic E-state index is 12.9. The van der Waals surface area contributed by atoms with Crippen LogP contribution < -0.4 is 10.6 Å². The quantitative estimate of drug-likeness (QED) is 0.406. The Morgan fingerprint density at radius 2 is 1.58 bits per heavy atom. The van der Waals surface area contributed by atoms with E-state index in [9.17, 15) is 14.4 Å². The summed E-state index contributed by atoms with van der Waals surface area (Å²) in [5, 5.41) is 14.9. The first-order chi connectivity index (χ1) is 14.8. The Morgan fingerprint density at radius 1 is 0.903 bits per heavy atom. The zero-order valence-corrected chi connectivity index (χ0v) is 18.3. The molecule has 0 aliphatic heterocycles. The molecule has 156 valence electrons. The van der Waals surface area contributed by atoms with Gasteiger partial charge in [0.05, 0.1) is 5.56 Å². The molecule has 0 fully saturated rings. The standard InChI is InChI=1S/C23H16BrClN2O4/c24-17-8-6-15(7-9-17)21(28)27-20(12-14-4-10-18(25)11-5-14)22(29)26-19-3-1-2-16(13-19)23(30)31/h1-13H,(H,26,29)(H,27,28)(H,30,31)/b20-12+. The Labute approximate surface area is 191 Å². The topological polar surface area (TPSA) is 95.5 Å². The molecule has 0 aromatic heterocycles. The van der Waals surface area contributed by atoms with Gasteiger partial charge in [-0.15, -0.1) is 0 Å². The molecule has 0 aliphatic carbocycles. The van der Waals surface area contributed by atoms with Crippen molar-refractivity contribution in [2.75, 3.05) is 5.32 Å². The maximum Gasteiger partial charge on any atom is 0.335 e. The van der Waals surface area contributed by atoms with Crippen molar-refractivity contribution in [3.63, 3.8) is 0 Å². The van der Waals surface area contributed by atoms with Crippen molar-refractivity contribution in [2.24, 2.45) is 0 Å². The molecule has 0 spiro atoms. The summed E-state index contributed by atoms with van der Waals surface area (Å²) in [6.07, 6.45) is 1.50. The summed E-state index contributed by atoms with van der Waals surface area (Å²) in [5.41, 5.74) is 1.30. The van der Waals surface area contributed by atoms with Crippen LogP contribution in [0.4, 0.5) is 5.69 Å². The number of carboxylic acid groups (broad SMARTS) is 1. The first-order valence-corrected chi connectivity index (χ1v) is 10.2. The number of halogens is 2. The summed E-state index contributed by atoms with van der Waals surface area (Å²) >= 11 is 9.23. The first-order valence-electron chi connectivity index (χ1n) is 9.01. The lowest BCUT2D eigenvalue weighted by Crippen LogP contribution is -2.30. The molecule has 0 atom stereocenters. The Hall–Kier alpha value is -3.42. The molecule has 0 radical (unpaired) electrons. The van der Waals surface area contributed by atoms with E-state index >= 15 is 0 Å². The molecule has 0 saturated heterocycles. The molecule has 3 N–H and O–H groups in total. The van der Waals surface area contributed by atoms with Crippen LogP contribution in [0, 0.1) is 0 Å². The van der Waals surface area contributed by atoms with E-state index in [1.165, 1.54) is 24.3 Å². The number of amides is 2. The number of carboxylic acids is 1. The second-order valence-electron chi connectivity index (χ2n) is 6.41. The van der Waals surface area contributed by atoms with Gasteiger partial charge in [-0.2, -0.15) is 0 Å².